The Morgan fingerprint density at radius 1 is 1.57 bits per heavy atom. The van der Waals surface area contributed by atoms with Crippen molar-refractivity contribution in [1.82, 2.24) is 0 Å². The van der Waals surface area contributed by atoms with Crippen molar-refractivity contribution in [2.75, 3.05) is 11.9 Å². The zero-order chi connectivity index (χ0) is 10.6. The molecule has 0 saturated heterocycles. The number of nitrogens with one attached hydrogen (secondary N) is 1. The van der Waals surface area contributed by atoms with Gasteiger partial charge in [-0.05, 0) is 12.1 Å². The number of hydrogen-bond acceptors (Lipinski definition) is 3. The SMILES string of the molecule is NC(CNc1ccccc1F)C(=O)O. The number of carboxylic acid groups (broad SMARTS) is 1. The van der Waals surface area contributed by atoms with E-state index in [9.17, 15) is 9.18 Å². The van der Waals surface area contributed by atoms with Crippen molar-refractivity contribution < 1.29 is 14.3 Å². The summed E-state index contributed by atoms with van der Waals surface area (Å²) in [4.78, 5) is 10.3. The Hall–Kier alpha value is -1.62. The predicted octanol–water partition coefficient (Wildman–Crippen LogP) is 0.649. The van der Waals surface area contributed by atoms with Crippen LogP contribution in [0.2, 0.25) is 0 Å². The number of halogens is 1. The van der Waals surface area contributed by atoms with Crippen LogP contribution in [0.3, 0.4) is 0 Å². The highest BCUT2D eigenvalue weighted by Gasteiger charge is 2.11. The number of para-hydroxylation sites is 1. The largest absolute Gasteiger partial charge is 0.480 e. The number of carboxylic acids is 1. The van der Waals surface area contributed by atoms with Crippen LogP contribution in [0.4, 0.5) is 10.1 Å². The van der Waals surface area contributed by atoms with E-state index in [0.717, 1.165) is 0 Å². The summed E-state index contributed by atoms with van der Waals surface area (Å²) in [6.07, 6.45) is 0. The van der Waals surface area contributed by atoms with Gasteiger partial charge in [-0.3, -0.25) is 4.79 Å². The molecule has 1 aromatic carbocycles. The number of hydrogen-bond donors (Lipinski definition) is 3. The molecule has 0 aromatic heterocycles. The lowest BCUT2D eigenvalue weighted by atomic mass is 10.2. The first-order valence-electron chi connectivity index (χ1n) is 4.08. The zero-order valence-corrected chi connectivity index (χ0v) is 7.40. The van der Waals surface area contributed by atoms with Crippen molar-refractivity contribution in [2.45, 2.75) is 6.04 Å². The Kier molecular flexibility index (Phi) is 3.41. The minimum atomic E-state index is -1.12. The van der Waals surface area contributed by atoms with E-state index in [-0.39, 0.29) is 12.2 Å². The predicted molar refractivity (Wildman–Crippen MR) is 50.5 cm³/mol. The molecule has 4 N–H and O–H groups in total. The summed E-state index contributed by atoms with van der Waals surface area (Å²) >= 11 is 0. The van der Waals surface area contributed by atoms with Crippen LogP contribution in [-0.2, 0) is 4.79 Å². The number of benzene rings is 1. The maximum absolute atomic E-state index is 13.0. The minimum Gasteiger partial charge on any atom is -0.480 e. The Balaban J connectivity index is 2.54. The van der Waals surface area contributed by atoms with Crippen LogP contribution >= 0.6 is 0 Å². The molecule has 14 heavy (non-hydrogen) atoms. The Labute approximate surface area is 80.5 Å². The van der Waals surface area contributed by atoms with E-state index in [1.165, 1.54) is 12.1 Å². The summed E-state index contributed by atoms with van der Waals surface area (Å²) in [7, 11) is 0. The lowest BCUT2D eigenvalue weighted by Gasteiger charge is -2.09. The molecule has 0 aliphatic carbocycles. The summed E-state index contributed by atoms with van der Waals surface area (Å²) < 4.78 is 13.0. The molecule has 1 atom stereocenters. The zero-order valence-electron chi connectivity index (χ0n) is 7.40. The molecule has 0 aliphatic heterocycles. The Morgan fingerprint density at radius 3 is 2.79 bits per heavy atom. The van der Waals surface area contributed by atoms with E-state index < -0.39 is 17.8 Å². The Bertz CT molecular complexity index is 330. The van der Waals surface area contributed by atoms with Crippen LogP contribution in [0.5, 0.6) is 0 Å². The number of aliphatic carboxylic acids is 1. The van der Waals surface area contributed by atoms with Crippen molar-refractivity contribution in [3.63, 3.8) is 0 Å². The topological polar surface area (TPSA) is 75.3 Å². The normalized spacial score (nSPS) is 12.1. The number of nitrogens with two attached hydrogens (primary N) is 1. The third kappa shape index (κ3) is 2.70. The number of anilines is 1. The average molecular weight is 198 g/mol. The second-order valence-electron chi connectivity index (χ2n) is 2.81. The standard InChI is InChI=1S/C9H11FN2O2/c10-6-3-1-2-4-8(6)12-5-7(11)9(13)14/h1-4,7,12H,5,11H2,(H,13,14). The van der Waals surface area contributed by atoms with E-state index in [0.29, 0.717) is 0 Å². The molecule has 0 spiro atoms. The van der Waals surface area contributed by atoms with Gasteiger partial charge in [-0.15, -0.1) is 0 Å². The second kappa shape index (κ2) is 4.57. The molecular weight excluding hydrogens is 187 g/mol. The third-order valence-electron chi connectivity index (χ3n) is 1.70. The molecule has 1 rings (SSSR count). The molecular formula is C9H11FN2O2. The van der Waals surface area contributed by atoms with Crippen molar-refractivity contribution in [2.24, 2.45) is 5.73 Å². The summed E-state index contributed by atoms with van der Waals surface area (Å²) in [6.45, 7) is -0.00370. The van der Waals surface area contributed by atoms with Gasteiger partial charge in [0.05, 0.1) is 5.69 Å². The van der Waals surface area contributed by atoms with Crippen molar-refractivity contribution >= 4 is 11.7 Å². The second-order valence-corrected chi connectivity index (χ2v) is 2.81. The minimum absolute atomic E-state index is 0.00370. The van der Waals surface area contributed by atoms with E-state index in [2.05, 4.69) is 5.32 Å². The van der Waals surface area contributed by atoms with Crippen LogP contribution in [-0.4, -0.2) is 23.7 Å². The van der Waals surface area contributed by atoms with Crippen LogP contribution in [0, 0.1) is 5.82 Å². The van der Waals surface area contributed by atoms with Gasteiger partial charge in [0.25, 0.3) is 0 Å². The molecule has 0 aliphatic rings. The van der Waals surface area contributed by atoms with E-state index in [4.69, 9.17) is 10.8 Å². The highest BCUT2D eigenvalue weighted by molar-refractivity contribution is 5.74. The summed E-state index contributed by atoms with van der Waals surface area (Å²) in [5, 5.41) is 11.1. The quantitative estimate of drug-likeness (QED) is 0.664. The van der Waals surface area contributed by atoms with Crippen molar-refractivity contribution in [3.8, 4) is 0 Å². The van der Waals surface area contributed by atoms with Crippen LogP contribution in [0.25, 0.3) is 0 Å². The lowest BCUT2D eigenvalue weighted by Crippen LogP contribution is -2.37. The van der Waals surface area contributed by atoms with Gasteiger partial charge in [0.15, 0.2) is 0 Å². The van der Waals surface area contributed by atoms with E-state index >= 15 is 0 Å². The van der Waals surface area contributed by atoms with E-state index in [1.54, 1.807) is 12.1 Å². The van der Waals surface area contributed by atoms with Crippen LogP contribution in [0.15, 0.2) is 24.3 Å². The van der Waals surface area contributed by atoms with Gasteiger partial charge in [0.2, 0.25) is 0 Å². The molecule has 0 saturated carbocycles. The average Bonchev–Trinajstić information content (AvgIpc) is 2.16. The molecule has 76 valence electrons. The fourth-order valence-corrected chi connectivity index (χ4v) is 0.912. The summed E-state index contributed by atoms with van der Waals surface area (Å²) in [5.74, 6) is -1.54. The molecule has 0 fully saturated rings. The fraction of sp³-hybridized carbons (Fsp3) is 0.222. The molecule has 0 heterocycles. The first kappa shape index (κ1) is 10.5. The number of rotatable bonds is 4. The Morgan fingerprint density at radius 2 is 2.21 bits per heavy atom. The fourth-order valence-electron chi connectivity index (χ4n) is 0.912. The maximum Gasteiger partial charge on any atom is 0.322 e. The van der Waals surface area contributed by atoms with Gasteiger partial charge in [0, 0.05) is 6.54 Å². The molecule has 1 unspecified atom stereocenters. The number of carbonyl (C=O) groups is 1. The summed E-state index contributed by atoms with van der Waals surface area (Å²) in [6, 6.07) is 4.98. The third-order valence-corrected chi connectivity index (χ3v) is 1.70. The van der Waals surface area contributed by atoms with E-state index in [1.807, 2.05) is 0 Å². The van der Waals surface area contributed by atoms with Gasteiger partial charge in [-0.2, -0.15) is 0 Å². The van der Waals surface area contributed by atoms with Gasteiger partial charge in [-0.25, -0.2) is 4.39 Å². The lowest BCUT2D eigenvalue weighted by molar-refractivity contribution is -0.138. The molecule has 5 heteroatoms. The highest BCUT2D eigenvalue weighted by atomic mass is 19.1. The van der Waals surface area contributed by atoms with Gasteiger partial charge in [0.1, 0.15) is 11.9 Å². The molecule has 0 bridgehead atoms. The smallest absolute Gasteiger partial charge is 0.322 e. The monoisotopic (exact) mass is 198 g/mol. The molecule has 0 amide bonds. The van der Waals surface area contributed by atoms with Gasteiger partial charge >= 0.3 is 5.97 Å². The first-order chi connectivity index (χ1) is 6.61. The first-order valence-corrected chi connectivity index (χ1v) is 4.08. The maximum atomic E-state index is 13.0. The molecule has 1 aromatic rings. The highest BCUT2D eigenvalue weighted by Crippen LogP contribution is 2.11. The van der Waals surface area contributed by atoms with Crippen molar-refractivity contribution in [1.29, 1.82) is 0 Å². The van der Waals surface area contributed by atoms with Gasteiger partial charge in [-0.1, -0.05) is 12.1 Å². The summed E-state index contributed by atoms with van der Waals surface area (Å²) in [5.41, 5.74) is 5.48. The van der Waals surface area contributed by atoms with Crippen LogP contribution < -0.4 is 11.1 Å². The van der Waals surface area contributed by atoms with Crippen LogP contribution in [0.1, 0.15) is 0 Å². The van der Waals surface area contributed by atoms with Gasteiger partial charge < -0.3 is 16.2 Å². The molecule has 4 nitrogen and oxygen atoms in total. The molecule has 0 radical (unpaired) electrons. The van der Waals surface area contributed by atoms with Crippen molar-refractivity contribution in [3.05, 3.63) is 30.1 Å².